The van der Waals surface area contributed by atoms with Gasteiger partial charge >= 0.3 is 108 Å². The fraction of sp³-hybridized carbons (Fsp3) is 0.222. The Morgan fingerprint density at radius 2 is 1.86 bits per heavy atom. The predicted molar refractivity (Wildman–Crippen MR) is 76.9 cm³/mol. The van der Waals surface area contributed by atoms with Gasteiger partial charge < -0.3 is 0 Å². The van der Waals surface area contributed by atoms with E-state index in [1.807, 2.05) is 18.2 Å². The van der Waals surface area contributed by atoms with E-state index in [-0.39, 0.29) is 0 Å². The summed E-state index contributed by atoms with van der Waals surface area (Å²) in [5.41, 5.74) is 0. The molecule has 0 spiro atoms. The molecular formula is C9H10I2O2Te. The molecule has 0 saturated heterocycles. The molecular weight excluding hydrogens is 522 g/mol. The second kappa shape index (κ2) is 5.87. The molecule has 0 aromatic heterocycles. The van der Waals surface area contributed by atoms with Gasteiger partial charge in [0.2, 0.25) is 0 Å². The molecule has 1 N–H and O–H groups in total. The van der Waals surface area contributed by atoms with Crippen LogP contribution in [0.3, 0.4) is 0 Å². The minimum atomic E-state index is -2.12. The van der Waals surface area contributed by atoms with Crippen molar-refractivity contribution in [3.8, 4) is 0 Å². The molecule has 78 valence electrons. The number of hydrogen-bond donors (Lipinski definition) is 1. The van der Waals surface area contributed by atoms with Crippen molar-refractivity contribution >= 4 is 57.3 Å². The number of hydrogen-bond acceptors (Lipinski definition) is 1. The molecule has 14 heavy (non-hydrogen) atoms. The van der Waals surface area contributed by atoms with E-state index in [9.17, 15) is 4.79 Å². The summed E-state index contributed by atoms with van der Waals surface area (Å²) in [5.74, 6) is -0.690. The van der Waals surface area contributed by atoms with Crippen molar-refractivity contribution in [2.45, 2.75) is 10.9 Å². The summed E-state index contributed by atoms with van der Waals surface area (Å²) in [5, 5.41) is 8.65. The van der Waals surface area contributed by atoms with Crippen molar-refractivity contribution in [3.63, 3.8) is 0 Å². The van der Waals surface area contributed by atoms with Gasteiger partial charge in [0.25, 0.3) is 0 Å². The number of carboxylic acids is 1. The number of halogens is 2. The molecule has 0 aliphatic carbocycles. The Kier molecular flexibility index (Phi) is 5.45. The van der Waals surface area contributed by atoms with Crippen LogP contribution >= 0.6 is 37.4 Å². The van der Waals surface area contributed by atoms with E-state index in [0.717, 1.165) is 4.47 Å². The zero-order valence-electron chi connectivity index (χ0n) is 7.32. The van der Waals surface area contributed by atoms with Crippen LogP contribution in [-0.4, -0.2) is 21.4 Å². The van der Waals surface area contributed by atoms with Crippen LogP contribution in [0.2, 0.25) is 4.47 Å². The molecule has 0 radical (unpaired) electrons. The average Bonchev–Trinajstić information content (AvgIpc) is 2.16. The fourth-order valence-corrected chi connectivity index (χ4v) is 11.3. The van der Waals surface area contributed by atoms with Crippen LogP contribution in [0.25, 0.3) is 0 Å². The molecule has 1 aromatic rings. The van der Waals surface area contributed by atoms with Gasteiger partial charge in [-0.3, -0.25) is 0 Å². The van der Waals surface area contributed by atoms with Gasteiger partial charge in [0, 0.05) is 0 Å². The Balaban J connectivity index is 2.70. The summed E-state index contributed by atoms with van der Waals surface area (Å²) in [7, 11) is -2.12. The first kappa shape index (κ1) is 13.0. The van der Waals surface area contributed by atoms with E-state index >= 15 is 0 Å². The number of carbonyl (C=O) groups is 1. The average molecular weight is 532 g/mol. The number of carboxylic acid groups (broad SMARTS) is 1. The Morgan fingerprint density at radius 1 is 1.29 bits per heavy atom. The van der Waals surface area contributed by atoms with E-state index < -0.39 is 16.3 Å². The summed E-state index contributed by atoms with van der Waals surface area (Å²) < 4.78 is 2.20. The predicted octanol–water partition coefficient (Wildman–Crippen LogP) is 2.68. The van der Waals surface area contributed by atoms with E-state index in [4.69, 9.17) is 5.11 Å². The summed E-state index contributed by atoms with van der Waals surface area (Å²) in [6.07, 6.45) is 0.294. The molecule has 0 fully saturated rings. The summed E-state index contributed by atoms with van der Waals surface area (Å²) in [4.78, 5) is 10.5. The Bertz CT molecular complexity index is 314. The van der Waals surface area contributed by atoms with Gasteiger partial charge in [-0.05, 0) is 0 Å². The minimum absolute atomic E-state index is 0.294. The SMILES string of the molecule is O=C(O)CC[Te](I)(I)c1ccccc1. The van der Waals surface area contributed by atoms with Crippen LogP contribution < -0.4 is 3.61 Å². The van der Waals surface area contributed by atoms with Crippen molar-refractivity contribution in [2.75, 3.05) is 0 Å². The normalized spacial score (nSPS) is 12.4. The molecule has 1 rings (SSSR count). The molecule has 0 saturated carbocycles. The first-order valence-corrected chi connectivity index (χ1v) is 20.4. The molecule has 0 atom stereocenters. The molecule has 0 aliphatic rings. The molecule has 0 bridgehead atoms. The Morgan fingerprint density at radius 3 is 2.36 bits per heavy atom. The third-order valence-corrected chi connectivity index (χ3v) is 19.2. The van der Waals surface area contributed by atoms with Crippen molar-refractivity contribution in [3.05, 3.63) is 30.3 Å². The second-order valence-electron chi connectivity index (χ2n) is 2.74. The van der Waals surface area contributed by atoms with Crippen LogP contribution in [0.1, 0.15) is 6.42 Å². The van der Waals surface area contributed by atoms with Crippen molar-refractivity contribution in [1.29, 1.82) is 0 Å². The first-order chi connectivity index (χ1) is 6.52. The third-order valence-electron chi connectivity index (χ3n) is 1.66. The van der Waals surface area contributed by atoms with Crippen LogP contribution in [-0.2, 0) is 4.79 Å². The van der Waals surface area contributed by atoms with Gasteiger partial charge in [-0.1, -0.05) is 0 Å². The van der Waals surface area contributed by atoms with Gasteiger partial charge in [0.15, 0.2) is 0 Å². The molecule has 0 unspecified atom stereocenters. The van der Waals surface area contributed by atoms with Crippen LogP contribution in [0, 0.1) is 0 Å². The van der Waals surface area contributed by atoms with Crippen LogP contribution in [0.15, 0.2) is 30.3 Å². The molecule has 0 amide bonds. The van der Waals surface area contributed by atoms with Gasteiger partial charge in [-0.25, -0.2) is 0 Å². The summed E-state index contributed by atoms with van der Waals surface area (Å²) in [6.45, 7) is 0. The maximum absolute atomic E-state index is 10.5. The van der Waals surface area contributed by atoms with E-state index in [1.54, 1.807) is 0 Å². The van der Waals surface area contributed by atoms with Gasteiger partial charge in [0.05, 0.1) is 0 Å². The Labute approximate surface area is 107 Å². The van der Waals surface area contributed by atoms with Crippen LogP contribution in [0.4, 0.5) is 0 Å². The van der Waals surface area contributed by atoms with E-state index in [1.165, 1.54) is 3.61 Å². The zero-order chi connectivity index (χ0) is 10.6. The maximum atomic E-state index is 10.5. The molecule has 1 aromatic carbocycles. The van der Waals surface area contributed by atoms with E-state index in [2.05, 4.69) is 49.5 Å². The van der Waals surface area contributed by atoms with Crippen molar-refractivity contribution in [2.24, 2.45) is 0 Å². The number of benzene rings is 1. The van der Waals surface area contributed by atoms with Gasteiger partial charge in [-0.2, -0.15) is 0 Å². The fourth-order valence-electron chi connectivity index (χ4n) is 0.953. The van der Waals surface area contributed by atoms with Gasteiger partial charge in [-0.15, -0.1) is 0 Å². The molecule has 2 nitrogen and oxygen atoms in total. The summed E-state index contributed by atoms with van der Waals surface area (Å²) in [6, 6.07) is 10.3. The van der Waals surface area contributed by atoms with E-state index in [0.29, 0.717) is 6.42 Å². The Hall–Kier alpha value is 0.940. The van der Waals surface area contributed by atoms with Crippen molar-refractivity contribution < 1.29 is 9.90 Å². The topological polar surface area (TPSA) is 37.3 Å². The standard InChI is InChI=1S/C9H10I2O2Te/c10-14(11,7-6-9(12)13)8-4-2-1-3-5-8/h1-5H,6-7H2,(H,12,13). The quantitative estimate of drug-likeness (QED) is 0.480. The first-order valence-electron chi connectivity index (χ1n) is 3.99. The number of aliphatic carboxylic acids is 1. The number of rotatable bonds is 4. The van der Waals surface area contributed by atoms with Crippen molar-refractivity contribution in [1.82, 2.24) is 0 Å². The zero-order valence-corrected chi connectivity index (χ0v) is 14.0. The molecule has 0 heterocycles. The third kappa shape index (κ3) is 4.21. The van der Waals surface area contributed by atoms with Gasteiger partial charge in [0.1, 0.15) is 0 Å². The summed E-state index contributed by atoms with van der Waals surface area (Å²) >= 11 is 4.98. The molecule has 5 heteroatoms. The molecule has 0 aliphatic heterocycles. The van der Waals surface area contributed by atoms with Crippen LogP contribution in [0.5, 0.6) is 0 Å². The monoisotopic (exact) mass is 534 g/mol. The second-order valence-corrected chi connectivity index (χ2v) is 40.0.